The van der Waals surface area contributed by atoms with Crippen LogP contribution in [0.2, 0.25) is 0 Å². The van der Waals surface area contributed by atoms with Crippen LogP contribution in [-0.4, -0.2) is 67.6 Å². The molecule has 156 valence electrons. The lowest BCUT2D eigenvalue weighted by Gasteiger charge is -2.17. The Balaban J connectivity index is 2.24. The number of methoxy groups -OCH3 is 1. The Morgan fingerprint density at radius 3 is 2.75 bits per heavy atom. The fraction of sp³-hybridized carbons (Fsp3) is 0.556. The summed E-state index contributed by atoms with van der Waals surface area (Å²) >= 11 is 0. The first-order valence-electron chi connectivity index (χ1n) is 8.92. The standard InChI is InChI=1S/C18H26F3N5O2/c1-22-5-6-26(2)12-14-11-24-25-16(14)13-9-15(18(19,20)21)17(23-10-13)28-8-4-7-27-3/h9-11,22H,4-8,12H2,1-3H3,(H,24,25). The molecule has 0 aliphatic carbocycles. The second-order valence-electron chi connectivity index (χ2n) is 6.37. The normalized spacial score (nSPS) is 12.0. The van der Waals surface area contributed by atoms with Gasteiger partial charge in [-0.1, -0.05) is 0 Å². The molecule has 2 N–H and O–H groups in total. The van der Waals surface area contributed by atoms with Gasteiger partial charge in [0.2, 0.25) is 5.88 Å². The van der Waals surface area contributed by atoms with Crippen molar-refractivity contribution in [2.45, 2.75) is 19.1 Å². The maximum atomic E-state index is 13.5. The van der Waals surface area contributed by atoms with E-state index < -0.39 is 17.6 Å². The molecule has 0 saturated carbocycles. The third-order valence-corrected chi connectivity index (χ3v) is 4.06. The molecule has 10 heteroatoms. The average molecular weight is 401 g/mol. The van der Waals surface area contributed by atoms with Crippen LogP contribution in [0.25, 0.3) is 11.3 Å². The van der Waals surface area contributed by atoms with Crippen molar-refractivity contribution in [3.05, 3.63) is 29.6 Å². The molecule has 2 rings (SSSR count). The largest absolute Gasteiger partial charge is 0.477 e. The molecule has 0 atom stereocenters. The summed E-state index contributed by atoms with van der Waals surface area (Å²) in [5.74, 6) is -0.435. The summed E-state index contributed by atoms with van der Waals surface area (Å²) in [6, 6.07) is 1.03. The molecular weight excluding hydrogens is 375 g/mol. The second kappa shape index (κ2) is 10.4. The van der Waals surface area contributed by atoms with E-state index in [9.17, 15) is 13.2 Å². The molecule has 0 spiro atoms. The number of likely N-dealkylation sites (N-methyl/N-ethyl adjacent to an activating group) is 2. The van der Waals surface area contributed by atoms with Gasteiger partial charge in [0, 0.05) is 63.3 Å². The number of hydrogen-bond acceptors (Lipinski definition) is 6. The Hall–Kier alpha value is -2.17. The van der Waals surface area contributed by atoms with E-state index in [1.165, 1.54) is 13.3 Å². The predicted molar refractivity (Wildman–Crippen MR) is 99.1 cm³/mol. The van der Waals surface area contributed by atoms with E-state index >= 15 is 0 Å². The maximum Gasteiger partial charge on any atom is 0.421 e. The number of rotatable bonds is 11. The van der Waals surface area contributed by atoms with Gasteiger partial charge in [-0.2, -0.15) is 18.3 Å². The number of H-pyrrole nitrogens is 1. The van der Waals surface area contributed by atoms with Crippen molar-refractivity contribution in [2.75, 3.05) is 47.5 Å². The molecule has 2 heterocycles. The molecule has 0 aliphatic rings. The van der Waals surface area contributed by atoms with Gasteiger partial charge in [0.15, 0.2) is 0 Å². The van der Waals surface area contributed by atoms with E-state index in [1.807, 2.05) is 14.1 Å². The van der Waals surface area contributed by atoms with Crippen LogP contribution in [-0.2, 0) is 17.5 Å². The lowest BCUT2D eigenvalue weighted by Crippen LogP contribution is -2.27. The van der Waals surface area contributed by atoms with Gasteiger partial charge in [-0.15, -0.1) is 0 Å². The highest BCUT2D eigenvalue weighted by molar-refractivity contribution is 5.63. The van der Waals surface area contributed by atoms with E-state index in [2.05, 4.69) is 25.4 Å². The minimum absolute atomic E-state index is 0.0905. The van der Waals surface area contributed by atoms with Gasteiger partial charge < -0.3 is 19.7 Å². The summed E-state index contributed by atoms with van der Waals surface area (Å²) in [5, 5.41) is 9.92. The van der Waals surface area contributed by atoms with Crippen molar-refractivity contribution in [2.24, 2.45) is 0 Å². The monoisotopic (exact) mass is 401 g/mol. The zero-order valence-electron chi connectivity index (χ0n) is 16.3. The first-order valence-corrected chi connectivity index (χ1v) is 8.92. The molecule has 0 fully saturated rings. The third-order valence-electron chi connectivity index (χ3n) is 4.06. The average Bonchev–Trinajstić information content (AvgIpc) is 3.11. The highest BCUT2D eigenvalue weighted by Crippen LogP contribution is 2.37. The lowest BCUT2D eigenvalue weighted by atomic mass is 10.1. The highest BCUT2D eigenvalue weighted by atomic mass is 19.4. The first-order chi connectivity index (χ1) is 13.4. The SMILES string of the molecule is CNCCN(C)Cc1c[nH]nc1-c1cnc(OCCCOC)c(C(F)(F)F)c1. The van der Waals surface area contributed by atoms with Crippen LogP contribution in [0.3, 0.4) is 0 Å². The quantitative estimate of drug-likeness (QED) is 0.564. The van der Waals surface area contributed by atoms with Crippen LogP contribution < -0.4 is 10.1 Å². The van der Waals surface area contributed by atoms with E-state index in [0.717, 1.165) is 24.7 Å². The molecule has 0 radical (unpaired) electrons. The van der Waals surface area contributed by atoms with E-state index in [4.69, 9.17) is 9.47 Å². The van der Waals surface area contributed by atoms with Crippen LogP contribution in [0.5, 0.6) is 5.88 Å². The zero-order valence-corrected chi connectivity index (χ0v) is 16.3. The molecule has 2 aromatic heterocycles. The van der Waals surface area contributed by atoms with E-state index in [1.54, 1.807) is 6.20 Å². The molecule has 0 aliphatic heterocycles. The van der Waals surface area contributed by atoms with Gasteiger partial charge in [0.05, 0.1) is 12.3 Å². The Bertz CT molecular complexity index is 736. The number of pyridine rings is 1. The van der Waals surface area contributed by atoms with Crippen molar-refractivity contribution in [3.63, 3.8) is 0 Å². The van der Waals surface area contributed by atoms with Crippen molar-refractivity contribution < 1.29 is 22.6 Å². The number of ether oxygens (including phenoxy) is 2. The number of aromatic amines is 1. The Kier molecular flexibility index (Phi) is 8.21. The second-order valence-corrected chi connectivity index (χ2v) is 6.37. The molecule has 0 amide bonds. The van der Waals surface area contributed by atoms with Crippen LogP contribution in [0, 0.1) is 0 Å². The van der Waals surface area contributed by atoms with Crippen LogP contribution in [0.1, 0.15) is 17.5 Å². The van der Waals surface area contributed by atoms with Crippen molar-refractivity contribution in [1.82, 2.24) is 25.4 Å². The van der Waals surface area contributed by atoms with Crippen molar-refractivity contribution in [1.29, 1.82) is 0 Å². The lowest BCUT2D eigenvalue weighted by molar-refractivity contribution is -0.139. The van der Waals surface area contributed by atoms with Crippen LogP contribution >= 0.6 is 0 Å². The topological polar surface area (TPSA) is 75.3 Å². The number of nitrogens with one attached hydrogen (secondary N) is 2. The number of hydrogen-bond donors (Lipinski definition) is 2. The Morgan fingerprint density at radius 1 is 1.29 bits per heavy atom. The van der Waals surface area contributed by atoms with Crippen molar-refractivity contribution >= 4 is 0 Å². The fourth-order valence-electron chi connectivity index (χ4n) is 2.63. The van der Waals surface area contributed by atoms with Crippen LogP contribution in [0.15, 0.2) is 18.5 Å². The molecule has 0 unspecified atom stereocenters. The van der Waals surface area contributed by atoms with Crippen molar-refractivity contribution in [3.8, 4) is 17.1 Å². The van der Waals surface area contributed by atoms with E-state index in [-0.39, 0.29) is 12.2 Å². The predicted octanol–water partition coefficient (Wildman–Crippen LogP) is 2.56. The molecule has 28 heavy (non-hydrogen) atoms. The molecular formula is C18H26F3N5O2. The molecule has 0 aromatic carbocycles. The van der Waals surface area contributed by atoms with E-state index in [0.29, 0.717) is 25.3 Å². The number of alkyl halides is 3. The van der Waals surface area contributed by atoms with Gasteiger partial charge in [0.25, 0.3) is 0 Å². The summed E-state index contributed by atoms with van der Waals surface area (Å²) in [6.07, 6.45) is -1.07. The highest BCUT2D eigenvalue weighted by Gasteiger charge is 2.36. The summed E-state index contributed by atoms with van der Waals surface area (Å²) in [4.78, 5) is 5.96. The van der Waals surface area contributed by atoms with Gasteiger partial charge in [-0.05, 0) is 20.2 Å². The minimum Gasteiger partial charge on any atom is -0.477 e. The molecule has 0 bridgehead atoms. The zero-order chi connectivity index (χ0) is 20.6. The van der Waals surface area contributed by atoms with Crippen LogP contribution in [0.4, 0.5) is 13.2 Å². The molecule has 7 nitrogen and oxygen atoms in total. The van der Waals surface area contributed by atoms with Gasteiger partial charge >= 0.3 is 6.18 Å². The summed E-state index contributed by atoms with van der Waals surface area (Å²) in [6.45, 7) is 2.63. The minimum atomic E-state index is -4.58. The summed E-state index contributed by atoms with van der Waals surface area (Å²) in [7, 11) is 5.32. The van der Waals surface area contributed by atoms with Gasteiger partial charge in [-0.3, -0.25) is 5.10 Å². The molecule has 0 saturated heterocycles. The molecule has 2 aromatic rings. The van der Waals surface area contributed by atoms with Gasteiger partial charge in [-0.25, -0.2) is 4.98 Å². The number of halogens is 3. The fourth-order valence-corrected chi connectivity index (χ4v) is 2.63. The Labute approximate surface area is 162 Å². The number of aromatic nitrogens is 3. The maximum absolute atomic E-state index is 13.5. The summed E-state index contributed by atoms with van der Waals surface area (Å²) in [5.41, 5.74) is 0.609. The van der Waals surface area contributed by atoms with Gasteiger partial charge in [0.1, 0.15) is 5.56 Å². The first kappa shape index (κ1) is 22.1. The third kappa shape index (κ3) is 6.18. The number of nitrogens with zero attached hydrogens (tertiary/aromatic N) is 3. The summed E-state index contributed by atoms with van der Waals surface area (Å²) < 4.78 is 50.6. The smallest absolute Gasteiger partial charge is 0.421 e. The Morgan fingerprint density at radius 2 is 2.07 bits per heavy atom.